The van der Waals surface area contributed by atoms with E-state index in [9.17, 15) is 31.5 Å². The van der Waals surface area contributed by atoms with Gasteiger partial charge in [0, 0.05) is 24.7 Å². The van der Waals surface area contributed by atoms with Gasteiger partial charge in [-0.25, -0.2) is 21.6 Å². The van der Waals surface area contributed by atoms with Gasteiger partial charge in [0.05, 0.1) is 35.2 Å². The number of sulfone groups is 1. The van der Waals surface area contributed by atoms with Crippen molar-refractivity contribution in [2.75, 3.05) is 38.6 Å². The van der Waals surface area contributed by atoms with E-state index in [4.69, 9.17) is 19.9 Å². The van der Waals surface area contributed by atoms with Crippen LogP contribution in [-0.4, -0.2) is 110 Å². The van der Waals surface area contributed by atoms with Crippen molar-refractivity contribution in [3.8, 4) is 5.75 Å². The highest BCUT2D eigenvalue weighted by Crippen LogP contribution is 2.39. The van der Waals surface area contributed by atoms with Crippen molar-refractivity contribution in [1.82, 2.24) is 14.2 Å². The van der Waals surface area contributed by atoms with E-state index in [2.05, 4.69) is 4.98 Å². The van der Waals surface area contributed by atoms with Crippen molar-refractivity contribution in [1.29, 1.82) is 0 Å². The lowest BCUT2D eigenvalue weighted by Crippen LogP contribution is -2.50. The van der Waals surface area contributed by atoms with Crippen LogP contribution in [-0.2, 0) is 34.1 Å². The van der Waals surface area contributed by atoms with Crippen molar-refractivity contribution in [2.24, 2.45) is 5.73 Å². The number of hydrogen-bond donors (Lipinski definition) is 2. The van der Waals surface area contributed by atoms with E-state index in [1.807, 2.05) is 24.3 Å². The lowest BCUT2D eigenvalue weighted by molar-refractivity contribution is -0.115. The molecule has 0 aliphatic carbocycles. The first-order valence-corrected chi connectivity index (χ1v) is 19.0. The van der Waals surface area contributed by atoms with Gasteiger partial charge in [0.2, 0.25) is 15.9 Å². The van der Waals surface area contributed by atoms with Gasteiger partial charge in [-0.3, -0.25) is 9.78 Å². The molecule has 5 rings (SSSR count). The van der Waals surface area contributed by atoms with Crippen molar-refractivity contribution >= 4 is 42.8 Å². The lowest BCUT2D eigenvalue weighted by Gasteiger charge is -2.38. The van der Waals surface area contributed by atoms with E-state index in [0.29, 0.717) is 24.8 Å². The monoisotopic (exact) mass is 718 g/mol. The summed E-state index contributed by atoms with van der Waals surface area (Å²) in [5.74, 6) is -1.71. The molecule has 3 heterocycles. The van der Waals surface area contributed by atoms with Gasteiger partial charge in [0.1, 0.15) is 34.7 Å². The fourth-order valence-electron chi connectivity index (χ4n) is 6.04. The van der Waals surface area contributed by atoms with E-state index >= 15 is 0 Å². The maximum absolute atomic E-state index is 13.5. The average molecular weight is 719 g/mol. The number of piperidine rings is 1. The van der Waals surface area contributed by atoms with Gasteiger partial charge >= 0.3 is 6.09 Å². The molecule has 0 radical (unpaired) electrons. The zero-order valence-corrected chi connectivity index (χ0v) is 29.3. The number of amides is 2. The van der Waals surface area contributed by atoms with E-state index in [1.54, 1.807) is 26.8 Å². The predicted octanol–water partition coefficient (Wildman–Crippen LogP) is 2.48. The van der Waals surface area contributed by atoms with Crippen LogP contribution in [0.25, 0.3) is 10.9 Å². The van der Waals surface area contributed by atoms with E-state index in [1.165, 1.54) is 39.7 Å². The van der Waals surface area contributed by atoms with Crippen LogP contribution in [0.2, 0.25) is 0 Å². The number of carbonyl (C=O) groups is 2. The third-order valence-corrected chi connectivity index (χ3v) is 11.9. The second-order valence-corrected chi connectivity index (χ2v) is 17.3. The Morgan fingerprint density at radius 3 is 2.49 bits per heavy atom. The third-order valence-electron chi connectivity index (χ3n) is 8.44. The lowest BCUT2D eigenvalue weighted by atomic mass is 9.88. The molecular formula is C33H42N4O10S2. The molecule has 2 fully saturated rings. The number of nitrogens with two attached hydrogens (primary N) is 1. The molecule has 14 nitrogen and oxygen atoms in total. The number of sulfonamides is 1. The number of pyridine rings is 1. The first kappa shape index (κ1) is 36.5. The molecule has 0 saturated carbocycles. The summed E-state index contributed by atoms with van der Waals surface area (Å²) >= 11 is 0. The quantitative estimate of drug-likeness (QED) is 0.296. The first-order valence-electron chi connectivity index (χ1n) is 15.9. The summed E-state index contributed by atoms with van der Waals surface area (Å²) < 4.78 is 70.9. The number of aliphatic hydroxyl groups excluding tert-OH is 1. The molecule has 0 unspecified atom stereocenters. The Hall–Kier alpha value is -3.83. The topological polar surface area (TPSA) is 196 Å². The van der Waals surface area contributed by atoms with Gasteiger partial charge in [-0.15, -0.1) is 0 Å². The minimum Gasteiger partial charge on any atom is -0.491 e. The van der Waals surface area contributed by atoms with Crippen molar-refractivity contribution in [3.05, 3.63) is 60.8 Å². The smallest absolute Gasteiger partial charge is 0.410 e. The highest BCUT2D eigenvalue weighted by atomic mass is 32.2. The fraction of sp³-hybridized carbons (Fsp3) is 0.485. The maximum atomic E-state index is 13.5. The second kappa shape index (κ2) is 14.2. The number of ether oxygens (including phenoxy) is 3. The van der Waals surface area contributed by atoms with Crippen LogP contribution in [0.1, 0.15) is 40.0 Å². The molecule has 49 heavy (non-hydrogen) atoms. The van der Waals surface area contributed by atoms with Crippen LogP contribution >= 0.6 is 0 Å². The Morgan fingerprint density at radius 1 is 1.08 bits per heavy atom. The van der Waals surface area contributed by atoms with Gasteiger partial charge < -0.3 is 30.0 Å². The third kappa shape index (κ3) is 8.86. The maximum Gasteiger partial charge on any atom is 0.410 e. The minimum absolute atomic E-state index is 0.124. The Kier molecular flexibility index (Phi) is 10.6. The van der Waals surface area contributed by atoms with Gasteiger partial charge in [-0.2, -0.15) is 4.31 Å². The summed E-state index contributed by atoms with van der Waals surface area (Å²) in [5.41, 5.74) is 4.28. The molecule has 16 heteroatoms. The van der Waals surface area contributed by atoms with Gasteiger partial charge in [0.25, 0.3) is 0 Å². The predicted molar refractivity (Wildman–Crippen MR) is 179 cm³/mol. The Labute approximate surface area is 286 Å². The van der Waals surface area contributed by atoms with Gasteiger partial charge in [0.15, 0.2) is 9.84 Å². The molecule has 1 spiro atoms. The molecule has 2 saturated heterocycles. The molecule has 2 aromatic carbocycles. The Morgan fingerprint density at radius 2 is 1.80 bits per heavy atom. The molecular weight excluding hydrogens is 677 g/mol. The second-order valence-electron chi connectivity index (χ2n) is 13.4. The minimum atomic E-state index is -3.97. The van der Waals surface area contributed by atoms with E-state index in [0.717, 1.165) is 5.39 Å². The molecule has 3 aromatic rings. The van der Waals surface area contributed by atoms with E-state index in [-0.39, 0.29) is 48.4 Å². The molecule has 2 aliphatic heterocycles. The summed E-state index contributed by atoms with van der Waals surface area (Å²) in [7, 11) is -7.76. The zero-order chi connectivity index (χ0) is 35.6. The Bertz CT molecular complexity index is 1910. The summed E-state index contributed by atoms with van der Waals surface area (Å²) in [6, 6.07) is 13.9. The summed E-state index contributed by atoms with van der Waals surface area (Å²) in [5, 5.41) is 11.7. The van der Waals surface area contributed by atoms with Gasteiger partial charge in [-0.1, -0.05) is 24.3 Å². The van der Waals surface area contributed by atoms with Crippen LogP contribution < -0.4 is 10.5 Å². The molecule has 3 N–H and O–H groups in total. The number of aliphatic hydroxyl groups is 1. The SMILES string of the molecule is CC(C)(C)OC(=O)N(C[C@H](O)COc1cccc(S(=O)(=O)CC(N)=O)c1)[C@H]1COC2(CCN(S(=O)(=O)c3cnc4ccccc4c3)CC2)C1. The van der Waals surface area contributed by atoms with Crippen molar-refractivity contribution < 1.29 is 45.7 Å². The summed E-state index contributed by atoms with van der Waals surface area (Å²) in [4.78, 5) is 30.3. The zero-order valence-electron chi connectivity index (χ0n) is 27.6. The molecule has 2 amide bonds. The highest BCUT2D eigenvalue weighted by molar-refractivity contribution is 7.92. The highest BCUT2D eigenvalue weighted by Gasteiger charge is 2.48. The van der Waals surface area contributed by atoms with Crippen LogP contribution in [0.4, 0.5) is 4.79 Å². The molecule has 266 valence electrons. The van der Waals surface area contributed by atoms with Crippen LogP contribution in [0.15, 0.2) is 70.6 Å². The molecule has 1 aromatic heterocycles. The standard InChI is InChI=1S/C33H42N4O10S2/c1-32(2,3)47-31(40)37(19-25(38)21-45-26-8-6-9-27(16-26)48(41,42)22-30(34)39)24-17-33(46-20-24)11-13-36(14-12-33)49(43,44)28-15-23-7-4-5-10-29(23)35-18-28/h4-10,15-16,18,24-25,38H,11-14,17,19-22H2,1-3H3,(H2,34,39)/t24-,25+/m1/s1. The number of primary amides is 1. The number of hydrogen-bond acceptors (Lipinski definition) is 11. The van der Waals surface area contributed by atoms with E-state index < -0.39 is 61.0 Å². The fourth-order valence-corrected chi connectivity index (χ4v) is 8.58. The summed E-state index contributed by atoms with van der Waals surface area (Å²) in [6.45, 7) is 5.34. The Balaban J connectivity index is 1.23. The number of aromatic nitrogens is 1. The number of rotatable bonds is 11. The number of benzene rings is 2. The molecule has 2 atom stereocenters. The molecule has 0 bridgehead atoms. The summed E-state index contributed by atoms with van der Waals surface area (Å²) in [6.07, 6.45) is 0.753. The average Bonchev–Trinajstić information content (AvgIpc) is 3.43. The van der Waals surface area contributed by atoms with Crippen molar-refractivity contribution in [3.63, 3.8) is 0 Å². The van der Waals surface area contributed by atoms with Crippen molar-refractivity contribution in [2.45, 2.75) is 73.2 Å². The van der Waals surface area contributed by atoms with Crippen LogP contribution in [0.5, 0.6) is 5.75 Å². The molecule has 2 aliphatic rings. The number of fused-ring (bicyclic) bond motifs is 1. The normalized spacial score (nSPS) is 19.1. The number of carbonyl (C=O) groups excluding carboxylic acids is 2. The van der Waals surface area contributed by atoms with Crippen LogP contribution in [0, 0.1) is 0 Å². The first-order chi connectivity index (χ1) is 23.0. The number of nitrogens with zero attached hydrogens (tertiary/aromatic N) is 3. The van der Waals surface area contributed by atoms with Crippen LogP contribution in [0.3, 0.4) is 0 Å². The van der Waals surface area contributed by atoms with Gasteiger partial charge in [-0.05, 0) is 70.4 Å². The number of para-hydroxylation sites is 1. The largest absolute Gasteiger partial charge is 0.491 e.